The first-order valence-electron chi connectivity index (χ1n) is 9.20. The number of para-hydroxylation sites is 2. The van der Waals surface area contributed by atoms with Crippen molar-refractivity contribution >= 4 is 17.5 Å². The van der Waals surface area contributed by atoms with Crippen molar-refractivity contribution in [2.24, 2.45) is 0 Å². The molecule has 1 saturated heterocycles. The Morgan fingerprint density at radius 3 is 2.85 bits per heavy atom. The third-order valence-corrected chi connectivity index (χ3v) is 4.54. The van der Waals surface area contributed by atoms with Gasteiger partial charge < -0.3 is 20.3 Å². The van der Waals surface area contributed by atoms with Crippen molar-refractivity contribution in [1.29, 1.82) is 0 Å². The Morgan fingerprint density at radius 2 is 2.15 bits per heavy atom. The van der Waals surface area contributed by atoms with Crippen LogP contribution in [0, 0.1) is 0 Å². The lowest BCUT2D eigenvalue weighted by Crippen LogP contribution is -2.53. The normalized spacial score (nSPS) is 17.6. The van der Waals surface area contributed by atoms with Crippen molar-refractivity contribution in [2.45, 2.75) is 26.3 Å². The van der Waals surface area contributed by atoms with Gasteiger partial charge in [-0.2, -0.15) is 0 Å². The predicted molar refractivity (Wildman–Crippen MR) is 102 cm³/mol. The molecule has 2 rings (SSSR count). The van der Waals surface area contributed by atoms with Crippen LogP contribution >= 0.6 is 0 Å². The van der Waals surface area contributed by atoms with Crippen LogP contribution < -0.4 is 15.4 Å². The highest BCUT2D eigenvalue weighted by molar-refractivity contribution is 5.95. The van der Waals surface area contributed by atoms with Crippen molar-refractivity contribution < 1.29 is 14.3 Å². The molecule has 1 aliphatic heterocycles. The summed E-state index contributed by atoms with van der Waals surface area (Å²) in [5.41, 5.74) is 0.611. The highest BCUT2D eigenvalue weighted by atomic mass is 16.5. The number of rotatable bonds is 8. The van der Waals surface area contributed by atoms with Gasteiger partial charge in [0, 0.05) is 32.2 Å². The molecule has 2 N–H and O–H groups in total. The number of carbonyl (C=O) groups is 2. The molecular weight excluding hydrogens is 332 g/mol. The minimum Gasteiger partial charge on any atom is -0.495 e. The van der Waals surface area contributed by atoms with E-state index in [9.17, 15) is 9.59 Å². The number of piperazine rings is 1. The zero-order valence-corrected chi connectivity index (χ0v) is 16.0. The minimum atomic E-state index is -0.218. The molecular formula is C19H30N4O3. The number of amides is 2. The maximum Gasteiger partial charge on any atom is 0.244 e. The SMILES string of the molecule is CCCN(CC(=O)Nc1ccccc1OC)C(=O)CN1CCNC[C@@H]1C. The number of anilines is 1. The lowest BCUT2D eigenvalue weighted by molar-refractivity contribution is -0.136. The highest BCUT2D eigenvalue weighted by Crippen LogP contribution is 2.22. The van der Waals surface area contributed by atoms with E-state index in [2.05, 4.69) is 22.5 Å². The van der Waals surface area contributed by atoms with Gasteiger partial charge in [-0.1, -0.05) is 19.1 Å². The van der Waals surface area contributed by atoms with Gasteiger partial charge in [0.25, 0.3) is 0 Å². The van der Waals surface area contributed by atoms with E-state index in [-0.39, 0.29) is 18.4 Å². The number of nitrogens with zero attached hydrogens (tertiary/aromatic N) is 2. The number of carbonyl (C=O) groups excluding carboxylic acids is 2. The van der Waals surface area contributed by atoms with Crippen molar-refractivity contribution in [3.63, 3.8) is 0 Å². The average Bonchev–Trinajstić information content (AvgIpc) is 2.63. The number of hydrogen-bond acceptors (Lipinski definition) is 5. The molecule has 26 heavy (non-hydrogen) atoms. The van der Waals surface area contributed by atoms with E-state index in [1.165, 1.54) is 0 Å². The molecule has 1 aromatic rings. The zero-order valence-electron chi connectivity index (χ0n) is 16.0. The van der Waals surface area contributed by atoms with Gasteiger partial charge in [0.15, 0.2) is 0 Å². The van der Waals surface area contributed by atoms with Crippen molar-refractivity contribution in [3.05, 3.63) is 24.3 Å². The molecule has 0 spiro atoms. The second-order valence-electron chi connectivity index (χ2n) is 6.59. The maximum atomic E-state index is 12.7. The fourth-order valence-corrected chi connectivity index (χ4v) is 3.06. The fraction of sp³-hybridized carbons (Fsp3) is 0.579. The molecule has 1 atom stereocenters. The summed E-state index contributed by atoms with van der Waals surface area (Å²) >= 11 is 0. The Labute approximate surface area is 155 Å². The van der Waals surface area contributed by atoms with Crippen LogP contribution in [0.25, 0.3) is 0 Å². The number of benzene rings is 1. The molecule has 0 saturated carbocycles. The Balaban J connectivity index is 1.95. The van der Waals surface area contributed by atoms with Gasteiger partial charge in [-0.3, -0.25) is 14.5 Å². The molecule has 1 aliphatic rings. The summed E-state index contributed by atoms with van der Waals surface area (Å²) in [7, 11) is 1.56. The van der Waals surface area contributed by atoms with Crippen LogP contribution in [0.2, 0.25) is 0 Å². The first kappa shape index (κ1) is 20.2. The van der Waals surface area contributed by atoms with Crippen LogP contribution in [-0.4, -0.2) is 74.0 Å². The smallest absolute Gasteiger partial charge is 0.244 e. The predicted octanol–water partition coefficient (Wildman–Crippen LogP) is 1.17. The number of ether oxygens (including phenoxy) is 1. The van der Waals surface area contributed by atoms with Crippen LogP contribution in [0.15, 0.2) is 24.3 Å². The minimum absolute atomic E-state index is 0.00391. The van der Waals surface area contributed by atoms with Gasteiger partial charge in [-0.15, -0.1) is 0 Å². The monoisotopic (exact) mass is 362 g/mol. The molecule has 0 unspecified atom stereocenters. The van der Waals surface area contributed by atoms with E-state index >= 15 is 0 Å². The molecule has 144 valence electrons. The number of hydrogen-bond donors (Lipinski definition) is 2. The molecule has 0 aliphatic carbocycles. The van der Waals surface area contributed by atoms with E-state index < -0.39 is 0 Å². The first-order chi connectivity index (χ1) is 12.5. The molecule has 1 aromatic carbocycles. The molecule has 7 heteroatoms. The third-order valence-electron chi connectivity index (χ3n) is 4.54. The lowest BCUT2D eigenvalue weighted by atomic mass is 10.2. The number of nitrogens with one attached hydrogen (secondary N) is 2. The topological polar surface area (TPSA) is 73.9 Å². The van der Waals surface area contributed by atoms with Crippen LogP contribution in [0.4, 0.5) is 5.69 Å². The molecule has 0 bridgehead atoms. The molecule has 1 heterocycles. The standard InChI is InChI=1S/C19H30N4O3/c1-4-10-23(19(25)14-22-11-9-20-12-15(22)2)13-18(24)21-16-7-5-6-8-17(16)26-3/h5-8,15,20H,4,9-14H2,1-3H3,(H,21,24)/t15-/m0/s1. The second-order valence-corrected chi connectivity index (χ2v) is 6.59. The van der Waals surface area contributed by atoms with Crippen LogP contribution in [0.3, 0.4) is 0 Å². The van der Waals surface area contributed by atoms with E-state index in [4.69, 9.17) is 4.74 Å². The summed E-state index contributed by atoms with van der Waals surface area (Å²) in [5.74, 6) is 0.379. The Hall–Kier alpha value is -2.12. The Morgan fingerprint density at radius 1 is 1.38 bits per heavy atom. The second kappa shape index (κ2) is 10.1. The summed E-state index contributed by atoms with van der Waals surface area (Å²) < 4.78 is 5.25. The maximum absolute atomic E-state index is 12.7. The molecule has 1 fully saturated rings. The quantitative estimate of drug-likeness (QED) is 0.726. The van der Waals surface area contributed by atoms with Gasteiger partial charge in [0.1, 0.15) is 5.75 Å². The van der Waals surface area contributed by atoms with Crippen LogP contribution in [-0.2, 0) is 9.59 Å². The van der Waals surface area contributed by atoms with Crippen LogP contribution in [0.1, 0.15) is 20.3 Å². The third kappa shape index (κ3) is 5.71. The van der Waals surface area contributed by atoms with Gasteiger partial charge in [0.05, 0.1) is 25.9 Å². The summed E-state index contributed by atoms with van der Waals surface area (Å²) in [4.78, 5) is 29.0. The van der Waals surface area contributed by atoms with Crippen LogP contribution in [0.5, 0.6) is 5.75 Å². The van der Waals surface area contributed by atoms with Gasteiger partial charge in [-0.05, 0) is 25.5 Å². The van der Waals surface area contributed by atoms with Crippen molar-refractivity contribution in [2.75, 3.05) is 51.7 Å². The Bertz CT molecular complexity index is 608. The molecule has 2 amide bonds. The first-order valence-corrected chi connectivity index (χ1v) is 9.20. The van der Waals surface area contributed by atoms with Crippen molar-refractivity contribution in [1.82, 2.24) is 15.1 Å². The highest BCUT2D eigenvalue weighted by Gasteiger charge is 2.24. The van der Waals surface area contributed by atoms with E-state index in [0.29, 0.717) is 30.6 Å². The van der Waals surface area contributed by atoms with Gasteiger partial charge >= 0.3 is 0 Å². The zero-order chi connectivity index (χ0) is 18.9. The summed E-state index contributed by atoms with van der Waals surface area (Å²) in [5, 5.41) is 6.16. The molecule has 0 aromatic heterocycles. The van der Waals surface area contributed by atoms with Gasteiger partial charge in [-0.25, -0.2) is 0 Å². The van der Waals surface area contributed by atoms with E-state index in [1.54, 1.807) is 24.1 Å². The van der Waals surface area contributed by atoms with Crippen molar-refractivity contribution in [3.8, 4) is 5.75 Å². The summed E-state index contributed by atoms with van der Waals surface area (Å²) in [6, 6.07) is 7.56. The van der Waals surface area contributed by atoms with E-state index in [0.717, 1.165) is 26.1 Å². The van der Waals surface area contributed by atoms with Gasteiger partial charge in [0.2, 0.25) is 11.8 Å². The average molecular weight is 362 g/mol. The summed E-state index contributed by atoms with van der Waals surface area (Å²) in [6.07, 6.45) is 0.810. The molecule has 7 nitrogen and oxygen atoms in total. The van der Waals surface area contributed by atoms with E-state index in [1.807, 2.05) is 19.1 Å². The largest absolute Gasteiger partial charge is 0.495 e. The lowest BCUT2D eigenvalue weighted by Gasteiger charge is -2.34. The summed E-state index contributed by atoms with van der Waals surface area (Å²) in [6.45, 7) is 7.70. The fourth-order valence-electron chi connectivity index (χ4n) is 3.06. The number of methoxy groups -OCH3 is 1. The molecule has 0 radical (unpaired) electrons. The Kier molecular flexibility index (Phi) is 7.87.